The Morgan fingerprint density at radius 3 is 2.47 bits per heavy atom. The van der Waals surface area contributed by atoms with E-state index < -0.39 is 11.7 Å². The average Bonchev–Trinajstić information content (AvgIpc) is 2.68. The summed E-state index contributed by atoms with van der Waals surface area (Å²) in [5.74, 6) is 0. The van der Waals surface area contributed by atoms with E-state index in [4.69, 9.17) is 11.6 Å². The summed E-state index contributed by atoms with van der Waals surface area (Å²) < 4.78 is 38.7. The molecule has 0 aliphatic heterocycles. The monoisotopic (exact) mass is 368 g/mol. The highest BCUT2D eigenvalue weighted by atomic mass is 79.9. The zero-order chi connectivity index (χ0) is 14.2. The third-order valence-corrected chi connectivity index (χ3v) is 5.58. The molecule has 0 aliphatic carbocycles. The van der Waals surface area contributed by atoms with E-state index in [-0.39, 0.29) is 4.83 Å². The van der Waals surface area contributed by atoms with Gasteiger partial charge in [-0.2, -0.15) is 13.2 Å². The Morgan fingerprint density at radius 2 is 1.95 bits per heavy atom. The van der Waals surface area contributed by atoms with Gasteiger partial charge in [-0.1, -0.05) is 45.7 Å². The van der Waals surface area contributed by atoms with Gasteiger partial charge in [0.15, 0.2) is 0 Å². The van der Waals surface area contributed by atoms with Crippen LogP contribution in [0.15, 0.2) is 30.3 Å². The van der Waals surface area contributed by atoms with Crippen LogP contribution in [0.5, 0.6) is 0 Å². The molecule has 1 aromatic carbocycles. The van der Waals surface area contributed by atoms with Crippen LogP contribution in [0.3, 0.4) is 0 Å². The zero-order valence-corrected chi connectivity index (χ0v) is 12.9. The summed E-state index contributed by atoms with van der Waals surface area (Å²) in [4.78, 5) is 0.604. The molecule has 2 rings (SSSR count). The van der Waals surface area contributed by atoms with Gasteiger partial charge in [0.05, 0.1) is 14.7 Å². The highest BCUT2D eigenvalue weighted by molar-refractivity contribution is 9.09. The molecular weight excluding hydrogens is 361 g/mol. The first kappa shape index (κ1) is 14.9. The molecular formula is C13H9BrClF3S. The van der Waals surface area contributed by atoms with Crippen molar-refractivity contribution in [2.75, 3.05) is 0 Å². The Labute approximate surface area is 126 Å². The molecule has 0 saturated heterocycles. The van der Waals surface area contributed by atoms with E-state index in [9.17, 15) is 13.2 Å². The van der Waals surface area contributed by atoms with Crippen molar-refractivity contribution in [3.05, 3.63) is 56.2 Å². The number of rotatable bonds is 2. The lowest BCUT2D eigenvalue weighted by molar-refractivity contribution is -0.137. The lowest BCUT2D eigenvalue weighted by Crippen LogP contribution is -2.05. The number of thiophene rings is 1. The molecule has 1 heterocycles. The van der Waals surface area contributed by atoms with Crippen molar-refractivity contribution in [2.24, 2.45) is 0 Å². The number of benzene rings is 1. The van der Waals surface area contributed by atoms with Crippen LogP contribution in [0.25, 0.3) is 0 Å². The van der Waals surface area contributed by atoms with Gasteiger partial charge >= 0.3 is 6.18 Å². The fourth-order valence-corrected chi connectivity index (χ4v) is 3.57. The molecule has 0 saturated carbocycles. The molecule has 2 aromatic rings. The molecule has 0 nitrogen and oxygen atoms in total. The first-order valence-corrected chi connectivity index (χ1v) is 7.47. The largest absolute Gasteiger partial charge is 0.416 e. The zero-order valence-electron chi connectivity index (χ0n) is 9.76. The third kappa shape index (κ3) is 3.33. The second kappa shape index (κ2) is 5.46. The van der Waals surface area contributed by atoms with Crippen molar-refractivity contribution in [3.8, 4) is 0 Å². The molecule has 1 unspecified atom stereocenters. The van der Waals surface area contributed by atoms with E-state index in [1.165, 1.54) is 17.4 Å². The second-order valence-electron chi connectivity index (χ2n) is 4.09. The van der Waals surface area contributed by atoms with Crippen LogP contribution >= 0.6 is 38.9 Å². The molecule has 6 heteroatoms. The Bertz CT molecular complexity index is 572. The first-order valence-electron chi connectivity index (χ1n) is 5.36. The molecule has 1 atom stereocenters. The van der Waals surface area contributed by atoms with E-state index in [2.05, 4.69) is 15.9 Å². The summed E-state index contributed by atoms with van der Waals surface area (Å²) in [5.41, 5.74) is 0.847. The highest BCUT2D eigenvalue weighted by Gasteiger charge is 2.31. The minimum absolute atomic E-state index is 0.286. The van der Waals surface area contributed by atoms with Gasteiger partial charge in [0.25, 0.3) is 0 Å². The minimum atomic E-state index is -4.33. The maximum atomic E-state index is 12.7. The Balaban J connectivity index is 2.36. The maximum Gasteiger partial charge on any atom is 0.416 e. The molecule has 0 bridgehead atoms. The van der Waals surface area contributed by atoms with Crippen molar-refractivity contribution in [1.29, 1.82) is 0 Å². The molecule has 0 spiro atoms. The van der Waals surface area contributed by atoms with Crippen LogP contribution < -0.4 is 0 Å². The summed E-state index contributed by atoms with van der Waals surface area (Å²) in [7, 11) is 0. The first-order chi connectivity index (χ1) is 8.79. The van der Waals surface area contributed by atoms with Gasteiger partial charge in [-0.3, -0.25) is 0 Å². The third-order valence-electron chi connectivity index (χ3n) is 2.63. The van der Waals surface area contributed by atoms with Crippen LogP contribution in [0.2, 0.25) is 4.34 Å². The molecule has 0 amide bonds. The van der Waals surface area contributed by atoms with Gasteiger partial charge in [0.1, 0.15) is 0 Å². The van der Waals surface area contributed by atoms with Gasteiger partial charge in [-0.25, -0.2) is 0 Å². The maximum absolute atomic E-state index is 12.7. The standard InChI is InChI=1S/C13H9BrClF3S/c1-7-5-10(19-12(7)15)11(14)8-3-2-4-9(6-8)13(16,17)18/h2-6,11H,1H3. The topological polar surface area (TPSA) is 0 Å². The molecule has 1 aromatic heterocycles. The summed E-state index contributed by atoms with van der Waals surface area (Å²) in [5, 5.41) is 0. The van der Waals surface area contributed by atoms with Crippen molar-refractivity contribution in [2.45, 2.75) is 17.9 Å². The number of hydrogen-bond donors (Lipinski definition) is 0. The van der Waals surface area contributed by atoms with Crippen molar-refractivity contribution in [3.63, 3.8) is 0 Å². The van der Waals surface area contributed by atoms with Crippen molar-refractivity contribution in [1.82, 2.24) is 0 Å². The SMILES string of the molecule is Cc1cc(C(Br)c2cccc(C(F)(F)F)c2)sc1Cl. The predicted molar refractivity (Wildman–Crippen MR) is 76.3 cm³/mol. The van der Waals surface area contributed by atoms with E-state index in [0.29, 0.717) is 9.90 Å². The lowest BCUT2D eigenvalue weighted by Gasteiger charge is -2.12. The normalized spacial score (nSPS) is 13.6. The van der Waals surface area contributed by atoms with Crippen LogP contribution in [0, 0.1) is 6.92 Å². The van der Waals surface area contributed by atoms with Gasteiger partial charge in [-0.05, 0) is 30.2 Å². The fraction of sp³-hybridized carbons (Fsp3) is 0.231. The van der Waals surface area contributed by atoms with Gasteiger partial charge in [-0.15, -0.1) is 11.3 Å². The van der Waals surface area contributed by atoms with Crippen LogP contribution in [0.1, 0.15) is 26.4 Å². The molecule has 0 aliphatic rings. The Morgan fingerprint density at radius 1 is 1.26 bits per heavy atom. The second-order valence-corrected chi connectivity index (χ2v) is 6.69. The molecule has 0 N–H and O–H groups in total. The van der Waals surface area contributed by atoms with Crippen molar-refractivity contribution < 1.29 is 13.2 Å². The van der Waals surface area contributed by atoms with E-state index in [0.717, 1.165) is 22.6 Å². The number of alkyl halides is 4. The summed E-state index contributed by atoms with van der Waals surface area (Å²) in [6, 6.07) is 7.18. The van der Waals surface area contributed by atoms with Gasteiger partial charge in [0, 0.05) is 4.88 Å². The Hall–Kier alpha value is -0.520. The minimum Gasteiger partial charge on any atom is -0.166 e. The van der Waals surface area contributed by atoms with Gasteiger partial charge < -0.3 is 0 Å². The van der Waals surface area contributed by atoms with E-state index in [1.807, 2.05) is 13.0 Å². The lowest BCUT2D eigenvalue weighted by atomic mass is 10.1. The van der Waals surface area contributed by atoms with Crippen LogP contribution in [-0.2, 0) is 6.18 Å². The van der Waals surface area contributed by atoms with E-state index >= 15 is 0 Å². The predicted octanol–water partition coefficient (Wildman–Crippen LogP) is 6.21. The van der Waals surface area contributed by atoms with Crippen molar-refractivity contribution >= 4 is 38.9 Å². The number of hydrogen-bond acceptors (Lipinski definition) is 1. The molecule has 102 valence electrons. The highest BCUT2D eigenvalue weighted by Crippen LogP contribution is 2.40. The quantitative estimate of drug-likeness (QED) is 0.552. The average molecular weight is 370 g/mol. The van der Waals surface area contributed by atoms with Crippen LogP contribution in [0.4, 0.5) is 13.2 Å². The molecule has 0 radical (unpaired) electrons. The Kier molecular flexibility index (Phi) is 4.28. The summed E-state index contributed by atoms with van der Waals surface area (Å²) in [6.45, 7) is 1.87. The fourth-order valence-electron chi connectivity index (χ4n) is 1.65. The summed E-state index contributed by atoms with van der Waals surface area (Å²) >= 11 is 10.8. The molecule has 0 fully saturated rings. The number of halogens is 5. The summed E-state index contributed by atoms with van der Waals surface area (Å²) in [6.07, 6.45) is -4.33. The van der Waals surface area contributed by atoms with Gasteiger partial charge in [0.2, 0.25) is 0 Å². The number of aryl methyl sites for hydroxylation is 1. The molecule has 19 heavy (non-hydrogen) atoms. The van der Waals surface area contributed by atoms with E-state index in [1.54, 1.807) is 6.07 Å². The smallest absolute Gasteiger partial charge is 0.166 e. The van der Waals surface area contributed by atoms with Crippen LogP contribution in [-0.4, -0.2) is 0 Å².